The molecule has 0 saturated carbocycles. The number of carbonyl (C=O) groups is 1. The lowest BCUT2D eigenvalue weighted by Crippen LogP contribution is -2.37. The highest BCUT2D eigenvalue weighted by Crippen LogP contribution is 2.27. The van der Waals surface area contributed by atoms with Gasteiger partial charge in [-0.1, -0.05) is 12.1 Å². The Kier molecular flexibility index (Phi) is 5.89. The van der Waals surface area contributed by atoms with Crippen LogP contribution in [0.25, 0.3) is 0 Å². The van der Waals surface area contributed by atoms with Gasteiger partial charge in [0, 0.05) is 17.8 Å². The van der Waals surface area contributed by atoms with Crippen molar-refractivity contribution in [1.29, 1.82) is 0 Å². The lowest BCUT2D eigenvalue weighted by Gasteiger charge is -2.23. The van der Waals surface area contributed by atoms with Crippen LogP contribution in [0.1, 0.15) is 0 Å². The highest BCUT2D eigenvalue weighted by molar-refractivity contribution is 7.94. The second-order valence-electron chi connectivity index (χ2n) is 5.78. The van der Waals surface area contributed by atoms with Crippen molar-refractivity contribution in [3.63, 3.8) is 0 Å². The molecule has 0 aliphatic carbocycles. The summed E-state index contributed by atoms with van der Waals surface area (Å²) in [5.41, 5.74) is 0.0372. The number of rotatable bonds is 7. The van der Waals surface area contributed by atoms with Crippen LogP contribution in [0.15, 0.2) is 70.3 Å². The maximum Gasteiger partial charge on any atom is 0.274 e. The average Bonchev–Trinajstić information content (AvgIpc) is 3.23. The highest BCUT2D eigenvalue weighted by Gasteiger charge is 2.28. The van der Waals surface area contributed by atoms with E-state index in [1.807, 2.05) is 0 Å². The van der Waals surface area contributed by atoms with Crippen molar-refractivity contribution in [3.05, 3.63) is 82.0 Å². The SMILES string of the molecule is O=C(CN(c1ccc(F)cc1)S(=O)(=O)c1cccs1)Nc1cccc([N+](=O)[O-])c1. The number of benzene rings is 2. The monoisotopic (exact) mass is 435 g/mol. The summed E-state index contributed by atoms with van der Waals surface area (Å²) < 4.78 is 40.1. The van der Waals surface area contributed by atoms with Crippen molar-refractivity contribution in [2.75, 3.05) is 16.2 Å². The van der Waals surface area contributed by atoms with Crippen LogP contribution in [-0.4, -0.2) is 25.8 Å². The normalized spacial score (nSPS) is 11.1. The molecule has 0 unspecified atom stereocenters. The molecular weight excluding hydrogens is 421 g/mol. The van der Waals surface area contributed by atoms with E-state index < -0.39 is 33.2 Å². The first kappa shape index (κ1) is 20.4. The van der Waals surface area contributed by atoms with Crippen LogP contribution >= 0.6 is 11.3 Å². The summed E-state index contributed by atoms with van der Waals surface area (Å²) in [5.74, 6) is -1.27. The van der Waals surface area contributed by atoms with Crippen LogP contribution in [0.3, 0.4) is 0 Å². The van der Waals surface area contributed by atoms with Gasteiger partial charge in [0.1, 0.15) is 16.6 Å². The molecule has 1 amide bonds. The van der Waals surface area contributed by atoms with Gasteiger partial charge in [0.05, 0.1) is 10.6 Å². The molecule has 0 bridgehead atoms. The van der Waals surface area contributed by atoms with Crippen molar-refractivity contribution in [1.82, 2.24) is 0 Å². The molecule has 0 saturated heterocycles. The van der Waals surface area contributed by atoms with Crippen molar-refractivity contribution >= 4 is 44.3 Å². The van der Waals surface area contributed by atoms with E-state index in [1.54, 1.807) is 11.4 Å². The lowest BCUT2D eigenvalue weighted by atomic mass is 10.3. The van der Waals surface area contributed by atoms with Crippen LogP contribution in [0.4, 0.5) is 21.5 Å². The predicted octanol–water partition coefficient (Wildman–Crippen LogP) is 3.63. The third-order valence-corrected chi connectivity index (χ3v) is 6.93. The summed E-state index contributed by atoms with van der Waals surface area (Å²) in [6, 6.07) is 12.9. The standard InChI is InChI=1S/C18H14FN3O5S2/c19-13-6-8-15(9-7-13)21(29(26,27)18-5-2-10-28-18)12-17(23)20-14-3-1-4-16(11-14)22(24)25/h1-11H,12H2,(H,20,23). The van der Waals surface area contributed by atoms with Gasteiger partial charge in [-0.25, -0.2) is 12.8 Å². The van der Waals surface area contributed by atoms with Crippen molar-refractivity contribution in [2.24, 2.45) is 0 Å². The number of carbonyl (C=O) groups excluding carboxylic acids is 1. The van der Waals surface area contributed by atoms with E-state index in [-0.39, 0.29) is 21.3 Å². The average molecular weight is 435 g/mol. The summed E-state index contributed by atoms with van der Waals surface area (Å²) in [7, 11) is -4.07. The Hall–Kier alpha value is -3.31. The minimum Gasteiger partial charge on any atom is -0.324 e. The third-order valence-electron chi connectivity index (χ3n) is 3.78. The number of thiophene rings is 1. The van der Waals surface area contributed by atoms with E-state index in [4.69, 9.17) is 0 Å². The quantitative estimate of drug-likeness (QED) is 0.450. The molecule has 0 atom stereocenters. The Morgan fingerprint density at radius 2 is 1.86 bits per heavy atom. The smallest absolute Gasteiger partial charge is 0.274 e. The number of nitrogens with one attached hydrogen (secondary N) is 1. The molecule has 8 nitrogen and oxygen atoms in total. The molecule has 11 heteroatoms. The Bertz CT molecular complexity index is 1130. The highest BCUT2D eigenvalue weighted by atomic mass is 32.2. The zero-order valence-electron chi connectivity index (χ0n) is 14.7. The van der Waals surface area contributed by atoms with Gasteiger partial charge in [-0.15, -0.1) is 11.3 Å². The molecule has 3 aromatic rings. The number of nitrogens with zero attached hydrogens (tertiary/aromatic N) is 2. The van der Waals surface area contributed by atoms with Gasteiger partial charge in [-0.05, 0) is 41.8 Å². The Balaban J connectivity index is 1.89. The summed E-state index contributed by atoms with van der Waals surface area (Å²) in [4.78, 5) is 22.8. The number of nitro groups is 1. The molecular formula is C18H14FN3O5S2. The fourth-order valence-corrected chi connectivity index (χ4v) is 5.00. The fraction of sp³-hybridized carbons (Fsp3) is 0.0556. The maximum atomic E-state index is 13.3. The Morgan fingerprint density at radius 3 is 2.48 bits per heavy atom. The molecule has 1 aromatic heterocycles. The summed E-state index contributed by atoms with van der Waals surface area (Å²) >= 11 is 0.982. The van der Waals surface area contributed by atoms with Crippen LogP contribution in [0, 0.1) is 15.9 Å². The van der Waals surface area contributed by atoms with E-state index in [0.717, 1.165) is 33.8 Å². The first-order valence-electron chi connectivity index (χ1n) is 8.13. The summed E-state index contributed by atoms with van der Waals surface area (Å²) in [5, 5.41) is 14.9. The van der Waals surface area contributed by atoms with E-state index >= 15 is 0 Å². The number of non-ortho nitro benzene ring substituents is 1. The summed E-state index contributed by atoms with van der Waals surface area (Å²) in [6.07, 6.45) is 0. The van der Waals surface area contributed by atoms with Gasteiger partial charge in [-0.2, -0.15) is 0 Å². The van der Waals surface area contributed by atoms with Crippen molar-refractivity contribution in [3.8, 4) is 0 Å². The molecule has 29 heavy (non-hydrogen) atoms. The van der Waals surface area contributed by atoms with Crippen LogP contribution in [-0.2, 0) is 14.8 Å². The van der Waals surface area contributed by atoms with Crippen LogP contribution < -0.4 is 9.62 Å². The van der Waals surface area contributed by atoms with Gasteiger partial charge in [0.15, 0.2) is 0 Å². The first-order valence-corrected chi connectivity index (χ1v) is 10.5. The fourth-order valence-electron chi connectivity index (χ4n) is 2.47. The van der Waals surface area contributed by atoms with Crippen molar-refractivity contribution in [2.45, 2.75) is 4.21 Å². The molecule has 0 aliphatic heterocycles. The minimum atomic E-state index is -4.07. The maximum absolute atomic E-state index is 13.3. The van der Waals surface area contributed by atoms with E-state index in [9.17, 15) is 27.7 Å². The zero-order chi connectivity index (χ0) is 21.0. The number of sulfonamides is 1. The molecule has 0 spiro atoms. The summed E-state index contributed by atoms with van der Waals surface area (Å²) in [6.45, 7) is -0.603. The van der Waals surface area contributed by atoms with Gasteiger partial charge < -0.3 is 5.32 Å². The molecule has 0 fully saturated rings. The number of anilines is 2. The van der Waals surface area contributed by atoms with E-state index in [0.29, 0.717) is 0 Å². The van der Waals surface area contributed by atoms with Gasteiger partial charge >= 0.3 is 0 Å². The number of hydrogen-bond donors (Lipinski definition) is 1. The van der Waals surface area contributed by atoms with E-state index in [1.165, 1.54) is 36.4 Å². The second kappa shape index (κ2) is 8.37. The number of hydrogen-bond acceptors (Lipinski definition) is 6. The van der Waals surface area contributed by atoms with E-state index in [2.05, 4.69) is 5.32 Å². The first-order chi connectivity index (χ1) is 13.8. The molecule has 1 N–H and O–H groups in total. The van der Waals surface area contributed by atoms with Crippen LogP contribution in [0.5, 0.6) is 0 Å². The van der Waals surface area contributed by atoms with Crippen molar-refractivity contribution < 1.29 is 22.5 Å². The topological polar surface area (TPSA) is 110 Å². The number of nitro benzene ring substituents is 1. The van der Waals surface area contributed by atoms with Gasteiger partial charge in [0.2, 0.25) is 5.91 Å². The lowest BCUT2D eigenvalue weighted by molar-refractivity contribution is -0.384. The molecule has 150 valence electrons. The largest absolute Gasteiger partial charge is 0.324 e. The number of amides is 1. The zero-order valence-corrected chi connectivity index (χ0v) is 16.3. The Labute approximate surface area is 169 Å². The molecule has 0 aliphatic rings. The minimum absolute atomic E-state index is 0.0185. The molecule has 3 rings (SSSR count). The van der Waals surface area contributed by atoms with Gasteiger partial charge in [0.25, 0.3) is 15.7 Å². The molecule has 1 heterocycles. The second-order valence-corrected chi connectivity index (χ2v) is 8.81. The Morgan fingerprint density at radius 1 is 1.14 bits per heavy atom. The predicted molar refractivity (Wildman–Crippen MR) is 107 cm³/mol. The molecule has 0 radical (unpaired) electrons. The van der Waals surface area contributed by atoms with Gasteiger partial charge in [-0.3, -0.25) is 19.2 Å². The van der Waals surface area contributed by atoms with Crippen LogP contribution in [0.2, 0.25) is 0 Å². The molecule has 2 aromatic carbocycles. The third kappa shape index (κ3) is 4.76. The number of halogens is 1.